The Morgan fingerprint density at radius 3 is 2.53 bits per heavy atom. The Hall–Kier alpha value is -3.83. The molecule has 2 atom stereocenters. The second-order valence-corrected chi connectivity index (χ2v) is 13.4. The Morgan fingerprint density at radius 2 is 1.93 bits per heavy atom. The van der Waals surface area contributed by atoms with Crippen molar-refractivity contribution in [3.05, 3.63) is 53.2 Å². The number of hydrogen-bond donors (Lipinski definition) is 1. The van der Waals surface area contributed by atoms with Crippen molar-refractivity contribution in [2.24, 2.45) is 11.1 Å². The van der Waals surface area contributed by atoms with Gasteiger partial charge in [-0.3, -0.25) is 9.59 Å². The summed E-state index contributed by atoms with van der Waals surface area (Å²) in [7, 11) is 0. The average Bonchev–Trinajstić information content (AvgIpc) is 3.62. The molecule has 11 heteroatoms. The first-order valence-electron chi connectivity index (χ1n) is 15.1. The first kappa shape index (κ1) is 29.3. The van der Waals surface area contributed by atoms with Crippen LogP contribution in [0.4, 0.5) is 5.82 Å². The van der Waals surface area contributed by atoms with Crippen molar-refractivity contribution in [3.8, 4) is 21.8 Å². The first-order chi connectivity index (χ1) is 20.6. The summed E-state index contributed by atoms with van der Waals surface area (Å²) in [5.74, 6) is 0.270. The molecule has 0 unspecified atom stereocenters. The molecule has 2 aliphatic heterocycles. The molecule has 6 heterocycles. The van der Waals surface area contributed by atoms with E-state index in [9.17, 15) is 9.59 Å². The molecule has 0 bridgehead atoms. The number of rotatable bonds is 10. The summed E-state index contributed by atoms with van der Waals surface area (Å²) in [4.78, 5) is 44.2. The van der Waals surface area contributed by atoms with Crippen LogP contribution in [-0.4, -0.2) is 86.0 Å². The lowest BCUT2D eigenvalue weighted by Crippen LogP contribution is -2.64. The molecule has 2 amide bonds. The Morgan fingerprint density at radius 1 is 1.16 bits per heavy atom. The minimum atomic E-state index is -0.511. The van der Waals surface area contributed by atoms with E-state index in [1.807, 2.05) is 34.7 Å². The number of likely N-dealkylation sites (N-methyl/N-ethyl adjacent to an activating group) is 1. The number of carbonyl (C=O) groups is 2. The molecule has 226 valence electrons. The number of likely N-dealkylation sites (tertiary alicyclic amines) is 1. The van der Waals surface area contributed by atoms with E-state index >= 15 is 0 Å². The van der Waals surface area contributed by atoms with E-state index in [4.69, 9.17) is 15.7 Å². The van der Waals surface area contributed by atoms with Gasteiger partial charge in [0.1, 0.15) is 11.9 Å². The van der Waals surface area contributed by atoms with Gasteiger partial charge in [-0.05, 0) is 61.8 Å². The maximum atomic E-state index is 13.6. The number of hydrogen-bond acceptors (Lipinski definition) is 8. The Balaban J connectivity index is 1.46. The predicted molar refractivity (Wildman–Crippen MR) is 170 cm³/mol. The number of thiophene rings is 1. The van der Waals surface area contributed by atoms with Gasteiger partial charge in [0.15, 0.2) is 5.65 Å². The smallest absolute Gasteiger partial charge is 0.249 e. The van der Waals surface area contributed by atoms with Crippen LogP contribution in [0, 0.1) is 5.41 Å². The van der Waals surface area contributed by atoms with Gasteiger partial charge >= 0.3 is 0 Å². The molecule has 4 aromatic rings. The number of anilines is 1. The van der Waals surface area contributed by atoms with E-state index in [0.717, 1.165) is 48.7 Å². The molecule has 0 aliphatic carbocycles. The minimum Gasteiger partial charge on any atom is -0.366 e. The van der Waals surface area contributed by atoms with Crippen molar-refractivity contribution in [2.75, 3.05) is 37.6 Å². The molecule has 10 nitrogen and oxygen atoms in total. The summed E-state index contributed by atoms with van der Waals surface area (Å²) >= 11 is 1.62. The lowest BCUT2D eigenvalue weighted by Gasteiger charge is -2.51. The molecule has 6 rings (SSSR count). The number of fused-ring (bicyclic) bond motifs is 1. The Kier molecular flexibility index (Phi) is 7.72. The molecule has 0 radical (unpaired) electrons. The summed E-state index contributed by atoms with van der Waals surface area (Å²) < 4.78 is 1.72. The number of nitrogens with two attached hydrogens (primary N) is 1. The van der Waals surface area contributed by atoms with Crippen LogP contribution in [-0.2, 0) is 11.2 Å². The number of pyridine rings is 1. The first-order valence-corrected chi connectivity index (χ1v) is 16.0. The van der Waals surface area contributed by atoms with Gasteiger partial charge in [-0.15, -0.1) is 11.3 Å². The third kappa shape index (κ3) is 5.40. The van der Waals surface area contributed by atoms with Gasteiger partial charge in [0.05, 0.1) is 28.0 Å². The molecule has 2 saturated heterocycles. The fourth-order valence-electron chi connectivity index (χ4n) is 6.49. The van der Waals surface area contributed by atoms with Crippen molar-refractivity contribution in [3.63, 3.8) is 0 Å². The van der Waals surface area contributed by atoms with Crippen LogP contribution in [0.25, 0.3) is 27.5 Å². The zero-order valence-corrected chi connectivity index (χ0v) is 26.4. The monoisotopic (exact) mass is 600 g/mol. The molecule has 43 heavy (non-hydrogen) atoms. The number of aromatic nitrogens is 4. The highest BCUT2D eigenvalue weighted by Gasteiger charge is 2.45. The largest absolute Gasteiger partial charge is 0.366 e. The van der Waals surface area contributed by atoms with Crippen molar-refractivity contribution in [1.82, 2.24) is 29.4 Å². The third-order valence-electron chi connectivity index (χ3n) is 8.85. The Bertz CT molecular complexity index is 1650. The molecular weight excluding hydrogens is 560 g/mol. The van der Waals surface area contributed by atoms with Crippen molar-refractivity contribution in [1.29, 1.82) is 0 Å². The number of amides is 2. The second kappa shape index (κ2) is 11.3. The third-order valence-corrected chi connectivity index (χ3v) is 9.74. The van der Waals surface area contributed by atoms with Crippen LogP contribution in [0.2, 0.25) is 0 Å². The van der Waals surface area contributed by atoms with Crippen LogP contribution in [0.3, 0.4) is 0 Å². The van der Waals surface area contributed by atoms with Crippen molar-refractivity contribution >= 4 is 34.6 Å². The lowest BCUT2D eigenvalue weighted by molar-refractivity contribution is -0.144. The maximum absolute atomic E-state index is 13.6. The van der Waals surface area contributed by atoms with Crippen molar-refractivity contribution < 1.29 is 9.59 Å². The van der Waals surface area contributed by atoms with Crippen LogP contribution >= 0.6 is 11.3 Å². The number of carbonyl (C=O) groups excluding carboxylic acids is 2. The van der Waals surface area contributed by atoms with E-state index in [1.54, 1.807) is 28.1 Å². The van der Waals surface area contributed by atoms with Crippen LogP contribution in [0.5, 0.6) is 0 Å². The van der Waals surface area contributed by atoms with Gasteiger partial charge in [0.2, 0.25) is 11.8 Å². The molecule has 2 N–H and O–H groups in total. The van der Waals surface area contributed by atoms with Gasteiger partial charge < -0.3 is 20.4 Å². The SMILES string of the molecule is CCN(CC)[C@@H](C)Cc1c(C(N)=O)cc(-c2cnn3ccc(-c4cccs4)nc23)nc1N1CC[C@H]1C(=O)N1CC(C)(C)C1. The second-order valence-electron chi connectivity index (χ2n) is 12.5. The maximum Gasteiger partial charge on any atom is 0.249 e. The lowest BCUT2D eigenvalue weighted by atomic mass is 9.83. The van der Waals surface area contributed by atoms with E-state index < -0.39 is 5.91 Å². The molecule has 0 spiro atoms. The summed E-state index contributed by atoms with van der Waals surface area (Å²) in [6.45, 7) is 14.8. The van der Waals surface area contributed by atoms with Gasteiger partial charge in [-0.1, -0.05) is 33.8 Å². The fraction of sp³-hybridized carbons (Fsp3) is 0.469. The molecule has 0 aromatic carbocycles. The van der Waals surface area contributed by atoms with Crippen LogP contribution in [0.15, 0.2) is 42.0 Å². The van der Waals surface area contributed by atoms with Gasteiger partial charge in [0.25, 0.3) is 0 Å². The zero-order valence-electron chi connectivity index (χ0n) is 25.6. The zero-order chi connectivity index (χ0) is 30.5. The van der Waals surface area contributed by atoms with Gasteiger partial charge in [-0.2, -0.15) is 5.10 Å². The molecule has 2 fully saturated rings. The van der Waals surface area contributed by atoms with Crippen molar-refractivity contribution in [2.45, 2.75) is 59.5 Å². The standard InChI is InChI=1S/C32H40N8O2S/c1-6-37(7-2)20(3)15-22-21(28(33)41)16-25(23-17-34-40-13-10-24(35-30(23)40)27-9-8-14-43-27)36-29(22)39-12-11-26(39)31(42)38-18-32(4,5)19-38/h8-10,13-14,16-17,20,26H,6-7,11-12,15,18-19H2,1-5H3,(H2,33,41)/t20-,26-/m0/s1. The summed E-state index contributed by atoms with van der Waals surface area (Å²) in [5.41, 5.74) is 10.2. The van der Waals surface area contributed by atoms with Gasteiger partial charge in [-0.25, -0.2) is 14.5 Å². The summed E-state index contributed by atoms with van der Waals surface area (Å²) in [6, 6.07) is 7.59. The number of nitrogens with zero attached hydrogens (tertiary/aromatic N) is 7. The van der Waals surface area contributed by atoms with Crippen LogP contribution < -0.4 is 10.6 Å². The molecular formula is C32H40N8O2S. The topological polar surface area (TPSA) is 113 Å². The molecule has 2 aliphatic rings. The highest BCUT2D eigenvalue weighted by molar-refractivity contribution is 7.13. The summed E-state index contributed by atoms with van der Waals surface area (Å²) in [6.07, 6.45) is 4.96. The highest BCUT2D eigenvalue weighted by Crippen LogP contribution is 2.38. The normalized spacial score (nSPS) is 18.5. The Labute approximate surface area is 256 Å². The van der Waals surface area contributed by atoms with E-state index in [1.165, 1.54) is 0 Å². The van der Waals surface area contributed by atoms with Crippen LogP contribution in [0.1, 0.15) is 57.0 Å². The van der Waals surface area contributed by atoms with E-state index in [0.29, 0.717) is 41.3 Å². The minimum absolute atomic E-state index is 0.124. The van der Waals surface area contributed by atoms with E-state index in [-0.39, 0.29) is 23.4 Å². The van der Waals surface area contributed by atoms with Gasteiger partial charge in [0, 0.05) is 43.0 Å². The predicted octanol–water partition coefficient (Wildman–Crippen LogP) is 4.34. The number of primary amides is 1. The highest BCUT2D eigenvalue weighted by atomic mass is 32.1. The van der Waals surface area contributed by atoms with E-state index in [2.05, 4.69) is 49.5 Å². The quantitative estimate of drug-likeness (QED) is 0.288. The molecule has 4 aromatic heterocycles. The average molecular weight is 601 g/mol. The summed E-state index contributed by atoms with van der Waals surface area (Å²) in [5, 5.41) is 6.56. The molecule has 0 saturated carbocycles. The fourth-order valence-corrected chi connectivity index (χ4v) is 7.18.